The summed E-state index contributed by atoms with van der Waals surface area (Å²) in [5.41, 5.74) is -0.715. The van der Waals surface area contributed by atoms with Gasteiger partial charge in [-0.05, 0) is 18.9 Å². The molecule has 1 aromatic carbocycles. The molecule has 1 amide bonds. The summed E-state index contributed by atoms with van der Waals surface area (Å²) >= 11 is 0. The van der Waals surface area contributed by atoms with Crippen LogP contribution >= 0.6 is 0 Å². The zero-order chi connectivity index (χ0) is 14.2. The molecular weight excluding hydrogens is 263 g/mol. The second kappa shape index (κ2) is 5.08. The lowest BCUT2D eigenvalue weighted by Gasteiger charge is -2.29. The van der Waals surface area contributed by atoms with E-state index >= 15 is 0 Å². The Morgan fingerprint density at radius 3 is 2.37 bits per heavy atom. The second-order valence-electron chi connectivity index (χ2n) is 4.41. The van der Waals surface area contributed by atoms with Crippen LogP contribution in [0.2, 0.25) is 0 Å². The maximum absolute atomic E-state index is 13.6. The molecule has 0 saturated carbocycles. The van der Waals surface area contributed by atoms with E-state index in [1.54, 1.807) is 0 Å². The van der Waals surface area contributed by atoms with Gasteiger partial charge in [-0.15, -0.1) is 0 Å². The minimum Gasteiger partial charge on any atom is -0.503 e. The predicted molar refractivity (Wildman–Crippen MR) is 59.1 cm³/mol. The van der Waals surface area contributed by atoms with Crippen molar-refractivity contribution in [2.45, 2.75) is 18.9 Å². The first-order valence-electron chi connectivity index (χ1n) is 5.75. The fraction of sp³-hybridized carbons (Fsp3) is 0.417. The third-order valence-corrected chi connectivity index (χ3v) is 3.12. The fourth-order valence-electron chi connectivity index (χ4n) is 1.99. The van der Waals surface area contributed by atoms with Gasteiger partial charge in [-0.2, -0.15) is 4.39 Å². The first-order chi connectivity index (χ1) is 8.91. The smallest absolute Gasteiger partial charge is 0.257 e. The normalized spacial score (nSPS) is 16.7. The molecule has 104 valence electrons. The minimum atomic E-state index is -1.72. The van der Waals surface area contributed by atoms with E-state index in [0.29, 0.717) is 18.9 Å². The largest absolute Gasteiger partial charge is 0.503 e. The number of halogens is 3. The summed E-state index contributed by atoms with van der Waals surface area (Å²) in [5.74, 6) is -7.02. The van der Waals surface area contributed by atoms with Crippen LogP contribution in [0.3, 0.4) is 0 Å². The molecule has 1 aliphatic rings. The van der Waals surface area contributed by atoms with Gasteiger partial charge >= 0.3 is 0 Å². The number of rotatable bonds is 1. The zero-order valence-electron chi connectivity index (χ0n) is 9.87. The molecule has 0 radical (unpaired) electrons. The maximum Gasteiger partial charge on any atom is 0.257 e. The van der Waals surface area contributed by atoms with E-state index in [9.17, 15) is 23.1 Å². The van der Waals surface area contributed by atoms with Crippen molar-refractivity contribution < 1.29 is 28.2 Å². The summed E-state index contributed by atoms with van der Waals surface area (Å²) in [7, 11) is 0. The summed E-state index contributed by atoms with van der Waals surface area (Å²) in [6.07, 6.45) is 0.152. The number of phenols is 1. The number of aliphatic hydroxyl groups is 1. The fourth-order valence-corrected chi connectivity index (χ4v) is 1.99. The van der Waals surface area contributed by atoms with Crippen LogP contribution in [0.4, 0.5) is 13.2 Å². The van der Waals surface area contributed by atoms with Crippen molar-refractivity contribution in [3.8, 4) is 5.75 Å². The average molecular weight is 275 g/mol. The van der Waals surface area contributed by atoms with Gasteiger partial charge in [-0.1, -0.05) is 0 Å². The van der Waals surface area contributed by atoms with Crippen molar-refractivity contribution in [2.24, 2.45) is 0 Å². The topological polar surface area (TPSA) is 60.8 Å². The quantitative estimate of drug-likeness (QED) is 0.762. The third-order valence-electron chi connectivity index (χ3n) is 3.12. The Morgan fingerprint density at radius 2 is 1.79 bits per heavy atom. The van der Waals surface area contributed by atoms with Gasteiger partial charge in [0.2, 0.25) is 5.82 Å². The van der Waals surface area contributed by atoms with Gasteiger partial charge in [0.05, 0.1) is 11.7 Å². The number of aromatic hydroxyl groups is 1. The SMILES string of the molecule is O=C(c1cc(F)c(F)c(O)c1F)N1CCC(O)CC1. The van der Waals surface area contributed by atoms with E-state index in [4.69, 9.17) is 5.11 Å². The molecule has 2 N–H and O–H groups in total. The molecule has 7 heteroatoms. The summed E-state index contributed by atoms with van der Waals surface area (Å²) in [6, 6.07) is 0.428. The van der Waals surface area contributed by atoms with E-state index in [1.807, 2.05) is 0 Å². The van der Waals surface area contributed by atoms with Crippen LogP contribution in [-0.2, 0) is 0 Å². The number of carbonyl (C=O) groups is 1. The lowest BCUT2D eigenvalue weighted by atomic mass is 10.1. The van der Waals surface area contributed by atoms with Crippen molar-refractivity contribution in [2.75, 3.05) is 13.1 Å². The van der Waals surface area contributed by atoms with Gasteiger partial charge in [-0.25, -0.2) is 8.78 Å². The minimum absolute atomic E-state index is 0.194. The molecule has 1 aliphatic heterocycles. The molecule has 19 heavy (non-hydrogen) atoms. The Morgan fingerprint density at radius 1 is 1.21 bits per heavy atom. The number of piperidine rings is 1. The number of nitrogens with zero attached hydrogens (tertiary/aromatic N) is 1. The van der Waals surface area contributed by atoms with Gasteiger partial charge in [0, 0.05) is 13.1 Å². The van der Waals surface area contributed by atoms with Gasteiger partial charge in [0.1, 0.15) is 0 Å². The molecule has 0 aromatic heterocycles. The molecule has 4 nitrogen and oxygen atoms in total. The summed E-state index contributed by atoms with van der Waals surface area (Å²) in [4.78, 5) is 13.2. The van der Waals surface area contributed by atoms with Gasteiger partial charge in [0.15, 0.2) is 17.4 Å². The lowest BCUT2D eigenvalue weighted by Crippen LogP contribution is -2.40. The molecule has 1 heterocycles. The van der Waals surface area contributed by atoms with Gasteiger partial charge in [0.25, 0.3) is 5.91 Å². The second-order valence-corrected chi connectivity index (χ2v) is 4.41. The molecule has 0 atom stereocenters. The van der Waals surface area contributed by atoms with E-state index in [-0.39, 0.29) is 13.1 Å². The van der Waals surface area contributed by atoms with E-state index in [2.05, 4.69) is 0 Å². The highest BCUT2D eigenvalue weighted by Gasteiger charge is 2.28. The highest BCUT2D eigenvalue weighted by Crippen LogP contribution is 2.27. The standard InChI is InChI=1S/C12H12F3NO3/c13-8-5-7(9(14)11(18)10(8)15)12(19)16-3-1-6(17)2-4-16/h5-6,17-18H,1-4H2. The molecular formula is C12H12F3NO3. The van der Waals surface area contributed by atoms with Crippen LogP contribution < -0.4 is 0 Å². The molecule has 1 aromatic rings. The molecule has 2 rings (SSSR count). The van der Waals surface area contributed by atoms with Gasteiger partial charge < -0.3 is 15.1 Å². The van der Waals surface area contributed by atoms with Crippen molar-refractivity contribution >= 4 is 5.91 Å². The number of hydrogen-bond donors (Lipinski definition) is 2. The van der Waals surface area contributed by atoms with Crippen LogP contribution in [-0.4, -0.2) is 40.2 Å². The first-order valence-corrected chi connectivity index (χ1v) is 5.75. The van der Waals surface area contributed by atoms with Crippen LogP contribution in [0, 0.1) is 17.5 Å². The highest BCUT2D eigenvalue weighted by atomic mass is 19.2. The van der Waals surface area contributed by atoms with Crippen molar-refractivity contribution in [1.29, 1.82) is 0 Å². The van der Waals surface area contributed by atoms with E-state index in [1.165, 1.54) is 4.90 Å². The number of phenolic OH excluding ortho intramolecular Hbond substituents is 1. The molecule has 0 aliphatic carbocycles. The number of hydrogen-bond acceptors (Lipinski definition) is 3. The maximum atomic E-state index is 13.6. The molecule has 1 fully saturated rings. The molecule has 1 saturated heterocycles. The zero-order valence-corrected chi connectivity index (χ0v) is 9.87. The highest BCUT2D eigenvalue weighted by molar-refractivity contribution is 5.95. The predicted octanol–water partition coefficient (Wildman–Crippen LogP) is 1.41. The Labute approximate surface area is 107 Å². The Hall–Kier alpha value is -1.76. The van der Waals surface area contributed by atoms with Crippen molar-refractivity contribution in [3.63, 3.8) is 0 Å². The third kappa shape index (κ3) is 2.51. The average Bonchev–Trinajstić information content (AvgIpc) is 2.40. The number of aliphatic hydroxyl groups excluding tert-OH is 1. The molecule has 0 spiro atoms. The van der Waals surface area contributed by atoms with Crippen LogP contribution in [0.25, 0.3) is 0 Å². The first kappa shape index (κ1) is 13.7. The number of benzene rings is 1. The van der Waals surface area contributed by atoms with Gasteiger partial charge in [-0.3, -0.25) is 4.79 Å². The lowest BCUT2D eigenvalue weighted by molar-refractivity contribution is 0.0541. The Kier molecular flexibility index (Phi) is 3.66. The summed E-state index contributed by atoms with van der Waals surface area (Å²) in [6.45, 7) is 0.387. The van der Waals surface area contributed by atoms with E-state index in [0.717, 1.165) is 0 Å². The summed E-state index contributed by atoms with van der Waals surface area (Å²) in [5, 5.41) is 18.4. The van der Waals surface area contributed by atoms with Crippen LogP contribution in [0.1, 0.15) is 23.2 Å². The summed E-state index contributed by atoms with van der Waals surface area (Å²) < 4.78 is 39.6. The molecule has 0 bridgehead atoms. The van der Waals surface area contributed by atoms with Crippen molar-refractivity contribution in [1.82, 2.24) is 4.90 Å². The Balaban J connectivity index is 2.29. The van der Waals surface area contributed by atoms with Crippen LogP contribution in [0.15, 0.2) is 6.07 Å². The van der Waals surface area contributed by atoms with E-state index < -0.39 is 40.8 Å². The molecule has 0 unspecified atom stereocenters. The van der Waals surface area contributed by atoms with Crippen LogP contribution in [0.5, 0.6) is 5.75 Å². The monoisotopic (exact) mass is 275 g/mol. The van der Waals surface area contributed by atoms with Crippen molar-refractivity contribution in [3.05, 3.63) is 29.1 Å². The Bertz CT molecular complexity index is 513. The number of amides is 1. The number of likely N-dealkylation sites (tertiary alicyclic amines) is 1. The number of carbonyl (C=O) groups excluding carboxylic acids is 1.